The number of piperidine rings is 1. The second kappa shape index (κ2) is 14.1. The monoisotopic (exact) mass is 705 g/mol. The van der Waals surface area contributed by atoms with E-state index >= 15 is 0 Å². The lowest BCUT2D eigenvalue weighted by atomic mass is 9.82. The second-order valence-electron chi connectivity index (χ2n) is 13.8. The van der Waals surface area contributed by atoms with Crippen LogP contribution in [0.3, 0.4) is 0 Å². The molecule has 0 amide bonds. The smallest absolute Gasteiger partial charge is 0.309 e. The molecular weight excluding hydrogens is 665 g/mol. The van der Waals surface area contributed by atoms with Crippen molar-refractivity contribution in [2.45, 2.75) is 19.3 Å². The molecule has 3 heterocycles. The summed E-state index contributed by atoms with van der Waals surface area (Å²) in [6, 6.07) is 43.0. The highest BCUT2D eigenvalue weighted by Crippen LogP contribution is 2.49. The number of allylic oxidation sites excluding steroid dienone is 1. The average Bonchev–Trinajstić information content (AvgIpc) is 3.37. The van der Waals surface area contributed by atoms with Gasteiger partial charge in [0.1, 0.15) is 0 Å². The van der Waals surface area contributed by atoms with Crippen molar-refractivity contribution in [3.8, 4) is 22.3 Å². The highest BCUT2D eigenvalue weighted by Gasteiger charge is 2.38. The SMILES string of the molecule is COC(=O)CCCC=C1C2COCC1CN(p1oc3c(-c4ccccc4)cc4ccccc4c3c3c(o1)c(-c1ccccc1)cc1ccccc13)C2. The van der Waals surface area contributed by atoms with Crippen LogP contribution in [0.1, 0.15) is 19.3 Å². The Balaban J connectivity index is 1.33. The maximum absolute atomic E-state index is 11.8. The summed E-state index contributed by atoms with van der Waals surface area (Å²) in [5.41, 5.74) is 7.47. The molecule has 0 aliphatic carbocycles. The van der Waals surface area contributed by atoms with Crippen molar-refractivity contribution < 1.29 is 22.7 Å². The highest BCUT2D eigenvalue weighted by molar-refractivity contribution is 7.39. The molecule has 0 radical (unpaired) electrons. The van der Waals surface area contributed by atoms with Crippen molar-refractivity contribution in [1.82, 2.24) is 0 Å². The zero-order valence-corrected chi connectivity index (χ0v) is 30.1. The Bertz CT molecular complexity index is 2350. The standard InChI is InChI=1S/C45H40NO5P/c1-48-41(47)23-13-12-20-36-34-26-46(27-35(36)29-49-28-34)52-50-44-39(30-14-4-2-5-15-30)24-32-18-8-10-21-37(32)42(44)43-38-22-11-9-19-33(38)25-40(45(43)51-52)31-16-6-3-7-17-31/h2-11,14-22,24-25,34-35H,12-13,23,26-29H2,1H3. The summed E-state index contributed by atoms with van der Waals surface area (Å²) in [5, 5.41) is 6.71. The van der Waals surface area contributed by atoms with Gasteiger partial charge in [0.25, 0.3) is 0 Å². The van der Waals surface area contributed by atoms with Gasteiger partial charge in [-0.15, -0.1) is 0 Å². The van der Waals surface area contributed by atoms with Crippen molar-refractivity contribution in [3.63, 3.8) is 0 Å². The molecule has 6 aromatic carbocycles. The van der Waals surface area contributed by atoms with Gasteiger partial charge in [0.05, 0.1) is 20.3 Å². The summed E-state index contributed by atoms with van der Waals surface area (Å²) in [6.07, 6.45) is 4.41. The van der Waals surface area contributed by atoms with Gasteiger partial charge in [-0.1, -0.05) is 121 Å². The van der Waals surface area contributed by atoms with Crippen LogP contribution >= 0.6 is 8.16 Å². The van der Waals surface area contributed by atoms with Crippen LogP contribution < -0.4 is 4.67 Å². The molecule has 0 spiro atoms. The number of unbranched alkanes of at least 4 members (excludes halogenated alkanes) is 1. The third-order valence-corrected chi connectivity index (χ3v) is 12.1. The minimum atomic E-state index is -1.60. The normalized spacial score (nSPS) is 17.5. The van der Waals surface area contributed by atoms with Crippen LogP contribution in [-0.4, -0.2) is 39.4 Å². The Morgan fingerprint density at radius 1 is 0.731 bits per heavy atom. The first-order valence-electron chi connectivity index (χ1n) is 18.1. The molecule has 6 nitrogen and oxygen atoms in total. The molecule has 2 saturated heterocycles. The zero-order valence-electron chi connectivity index (χ0n) is 29.2. The van der Waals surface area contributed by atoms with Gasteiger partial charge in [0.2, 0.25) is 0 Å². The fraction of sp³-hybridized carbons (Fsp3) is 0.222. The maximum atomic E-state index is 11.8. The van der Waals surface area contributed by atoms with E-state index in [-0.39, 0.29) is 17.8 Å². The predicted molar refractivity (Wildman–Crippen MR) is 212 cm³/mol. The van der Waals surface area contributed by atoms with Gasteiger partial charge in [-0.05, 0) is 57.6 Å². The van der Waals surface area contributed by atoms with Gasteiger partial charge in [0, 0.05) is 53.2 Å². The fourth-order valence-electron chi connectivity index (χ4n) is 8.16. The first kappa shape index (κ1) is 32.8. The molecule has 0 saturated carbocycles. The lowest BCUT2D eigenvalue weighted by Gasteiger charge is -2.41. The number of nitrogens with zero attached hydrogens (tertiary/aromatic N) is 1. The topological polar surface area (TPSA) is 65.1 Å². The van der Waals surface area contributed by atoms with E-state index in [4.69, 9.17) is 17.9 Å². The summed E-state index contributed by atoms with van der Waals surface area (Å²) in [5.74, 6) is 0.281. The van der Waals surface area contributed by atoms with Crippen molar-refractivity contribution in [2.75, 3.05) is 38.1 Å². The molecule has 2 atom stereocenters. The number of hydrogen-bond acceptors (Lipinski definition) is 6. The number of fused-ring (bicyclic) bond motifs is 9. The summed E-state index contributed by atoms with van der Waals surface area (Å²) < 4.78 is 28.3. The third kappa shape index (κ3) is 6.01. The van der Waals surface area contributed by atoms with Crippen molar-refractivity contribution >= 4 is 57.6 Å². The Morgan fingerprint density at radius 3 is 1.75 bits per heavy atom. The largest absolute Gasteiger partial charge is 0.469 e. The van der Waals surface area contributed by atoms with E-state index in [1.54, 1.807) is 0 Å². The van der Waals surface area contributed by atoms with Gasteiger partial charge >= 0.3 is 14.1 Å². The van der Waals surface area contributed by atoms with Gasteiger partial charge in [-0.25, -0.2) is 4.67 Å². The van der Waals surface area contributed by atoms with Crippen LogP contribution in [0.25, 0.3) is 65.7 Å². The van der Waals surface area contributed by atoms with Crippen LogP contribution in [0.4, 0.5) is 0 Å². The average molecular weight is 706 g/mol. The molecule has 0 N–H and O–H groups in total. The zero-order chi connectivity index (χ0) is 35.0. The second-order valence-corrected chi connectivity index (χ2v) is 15.2. The molecule has 7 aromatic rings. The number of methoxy groups -OCH3 is 1. The van der Waals surface area contributed by atoms with Gasteiger partial charge in [0.15, 0.2) is 11.2 Å². The maximum Gasteiger partial charge on any atom is 0.309 e. The van der Waals surface area contributed by atoms with Gasteiger partial charge < -0.3 is 17.9 Å². The number of carbonyl (C=O) groups is 1. The van der Waals surface area contributed by atoms with E-state index in [2.05, 4.69) is 132 Å². The van der Waals surface area contributed by atoms with E-state index in [9.17, 15) is 4.79 Å². The molecule has 2 unspecified atom stereocenters. The predicted octanol–water partition coefficient (Wildman–Crippen LogP) is 11.4. The molecule has 2 fully saturated rings. The molecule has 52 heavy (non-hydrogen) atoms. The number of ether oxygens (including phenoxy) is 2. The number of hydrogen-bond donors (Lipinski definition) is 0. The number of carbonyl (C=O) groups excluding carboxylic acids is 1. The van der Waals surface area contributed by atoms with E-state index in [0.717, 1.165) is 91.7 Å². The summed E-state index contributed by atoms with van der Waals surface area (Å²) in [4.78, 5) is 11.8. The minimum absolute atomic E-state index is 0.159. The van der Waals surface area contributed by atoms with Crippen LogP contribution in [0, 0.1) is 11.8 Å². The first-order valence-corrected chi connectivity index (χ1v) is 19.3. The Morgan fingerprint density at radius 2 is 1.23 bits per heavy atom. The van der Waals surface area contributed by atoms with E-state index in [1.807, 2.05) is 0 Å². The molecule has 260 valence electrons. The molecule has 9 rings (SSSR count). The number of benzene rings is 6. The van der Waals surface area contributed by atoms with Crippen molar-refractivity contribution in [3.05, 3.63) is 133 Å². The molecule has 2 bridgehead atoms. The summed E-state index contributed by atoms with van der Waals surface area (Å²) in [7, 11) is -0.146. The molecular formula is C45H40NO5P. The molecule has 2 aliphatic heterocycles. The van der Waals surface area contributed by atoms with Crippen LogP contribution in [0.2, 0.25) is 0 Å². The lowest BCUT2D eigenvalue weighted by Crippen LogP contribution is -2.47. The number of esters is 1. The van der Waals surface area contributed by atoms with Gasteiger partial charge in [-0.3, -0.25) is 4.79 Å². The van der Waals surface area contributed by atoms with Crippen LogP contribution in [0.5, 0.6) is 0 Å². The van der Waals surface area contributed by atoms with E-state index in [1.165, 1.54) is 12.7 Å². The Hall–Kier alpha value is -5.13. The highest BCUT2D eigenvalue weighted by atomic mass is 31.1. The number of rotatable bonds is 7. The Kier molecular flexibility index (Phi) is 8.89. The summed E-state index contributed by atoms with van der Waals surface area (Å²) in [6.45, 7) is 2.84. The van der Waals surface area contributed by atoms with E-state index in [0.29, 0.717) is 19.6 Å². The van der Waals surface area contributed by atoms with Crippen LogP contribution in [0.15, 0.2) is 141 Å². The van der Waals surface area contributed by atoms with Gasteiger partial charge in [-0.2, -0.15) is 0 Å². The van der Waals surface area contributed by atoms with E-state index < -0.39 is 8.16 Å². The third-order valence-electron chi connectivity index (χ3n) is 10.6. The van der Waals surface area contributed by atoms with Crippen LogP contribution in [-0.2, 0) is 14.3 Å². The Labute approximate surface area is 303 Å². The lowest BCUT2D eigenvalue weighted by molar-refractivity contribution is -0.140. The first-order chi connectivity index (χ1) is 25.7. The molecule has 1 aromatic heterocycles. The van der Waals surface area contributed by atoms with Crippen molar-refractivity contribution in [1.29, 1.82) is 0 Å². The van der Waals surface area contributed by atoms with Crippen molar-refractivity contribution in [2.24, 2.45) is 11.8 Å². The molecule has 7 heteroatoms. The minimum Gasteiger partial charge on any atom is -0.469 e. The molecule has 2 aliphatic rings. The fourth-order valence-corrected chi connectivity index (χ4v) is 9.78. The summed E-state index contributed by atoms with van der Waals surface area (Å²) >= 11 is 0. The quantitative estimate of drug-likeness (QED) is 0.0934.